The number of carbonyl (C=O) groups excluding carboxylic acids is 1. The molecular weight excluding hydrogens is 202 g/mol. The van der Waals surface area contributed by atoms with E-state index >= 15 is 0 Å². The molecule has 0 radical (unpaired) electrons. The number of hydrogen-bond acceptors (Lipinski definition) is 2. The summed E-state index contributed by atoms with van der Waals surface area (Å²) in [5, 5.41) is 8.17. The van der Waals surface area contributed by atoms with Crippen LogP contribution in [0.5, 0.6) is 0 Å². The highest BCUT2D eigenvalue weighted by atomic mass is 16.1. The van der Waals surface area contributed by atoms with Crippen LogP contribution in [0.1, 0.15) is 10.4 Å². The second-order valence-electron chi connectivity index (χ2n) is 3.58. The highest BCUT2D eigenvalue weighted by Crippen LogP contribution is 2.25. The largest absolute Gasteiger partial charge is 0.360 e. The van der Waals surface area contributed by atoms with Gasteiger partial charge in [0.15, 0.2) is 0 Å². The van der Waals surface area contributed by atoms with E-state index in [2.05, 4.69) is 15.2 Å². The first-order valence-corrected chi connectivity index (χ1v) is 4.95. The molecule has 0 saturated heterocycles. The van der Waals surface area contributed by atoms with Crippen LogP contribution in [0.25, 0.3) is 22.3 Å². The zero-order valence-corrected chi connectivity index (χ0v) is 8.40. The summed E-state index contributed by atoms with van der Waals surface area (Å²) in [6.07, 6.45) is 2.68. The second-order valence-corrected chi connectivity index (χ2v) is 3.58. The predicted molar refractivity (Wildman–Crippen MR) is 61.3 cm³/mol. The summed E-state index contributed by atoms with van der Waals surface area (Å²) in [7, 11) is 0. The molecule has 2 aromatic heterocycles. The molecule has 0 aliphatic carbocycles. The summed E-state index contributed by atoms with van der Waals surface area (Å²) < 4.78 is 0. The Morgan fingerprint density at radius 3 is 2.94 bits per heavy atom. The van der Waals surface area contributed by atoms with Crippen molar-refractivity contribution in [3.8, 4) is 11.4 Å². The lowest BCUT2D eigenvalue weighted by molar-refractivity contribution is 0.112. The predicted octanol–water partition coefficient (Wildman–Crippen LogP) is 2.37. The zero-order valence-electron chi connectivity index (χ0n) is 8.40. The van der Waals surface area contributed by atoms with Crippen molar-refractivity contribution in [2.24, 2.45) is 0 Å². The molecule has 3 rings (SSSR count). The summed E-state index contributed by atoms with van der Waals surface area (Å²) in [6.45, 7) is 0. The molecule has 0 aliphatic heterocycles. The number of aromatic nitrogens is 3. The number of benzene rings is 1. The van der Waals surface area contributed by atoms with E-state index in [0.717, 1.165) is 28.6 Å². The quantitative estimate of drug-likeness (QED) is 0.639. The van der Waals surface area contributed by atoms with Crippen molar-refractivity contribution in [3.63, 3.8) is 0 Å². The maximum Gasteiger partial charge on any atom is 0.150 e. The molecule has 0 saturated carbocycles. The van der Waals surface area contributed by atoms with Crippen LogP contribution in [0.3, 0.4) is 0 Å². The van der Waals surface area contributed by atoms with Gasteiger partial charge in [0, 0.05) is 17.1 Å². The van der Waals surface area contributed by atoms with Gasteiger partial charge in [-0.1, -0.05) is 6.07 Å². The van der Waals surface area contributed by atoms with E-state index < -0.39 is 0 Å². The van der Waals surface area contributed by atoms with Crippen LogP contribution in [0, 0.1) is 0 Å². The molecule has 78 valence electrons. The Bertz CT molecular complexity index is 637. The van der Waals surface area contributed by atoms with Crippen molar-refractivity contribution >= 4 is 17.2 Å². The molecule has 2 heterocycles. The summed E-state index contributed by atoms with van der Waals surface area (Å²) >= 11 is 0. The Kier molecular flexibility index (Phi) is 1.86. The SMILES string of the molecule is O=Cc1ccc2c(-c3ccc[nH]3)n[nH]c2c1. The van der Waals surface area contributed by atoms with E-state index in [1.807, 2.05) is 24.4 Å². The summed E-state index contributed by atoms with van der Waals surface area (Å²) in [5.74, 6) is 0. The Morgan fingerprint density at radius 2 is 2.19 bits per heavy atom. The fourth-order valence-electron chi connectivity index (χ4n) is 1.79. The van der Waals surface area contributed by atoms with Crippen LogP contribution >= 0.6 is 0 Å². The number of nitrogens with one attached hydrogen (secondary N) is 2. The molecule has 3 aromatic rings. The highest BCUT2D eigenvalue weighted by Gasteiger charge is 2.08. The number of fused-ring (bicyclic) bond motifs is 1. The van der Waals surface area contributed by atoms with Gasteiger partial charge in [0.1, 0.15) is 12.0 Å². The van der Waals surface area contributed by atoms with Crippen LogP contribution < -0.4 is 0 Å². The van der Waals surface area contributed by atoms with Crippen LogP contribution in [0.4, 0.5) is 0 Å². The van der Waals surface area contributed by atoms with Crippen molar-refractivity contribution in [2.75, 3.05) is 0 Å². The molecule has 0 atom stereocenters. The maximum atomic E-state index is 10.6. The van der Waals surface area contributed by atoms with Crippen molar-refractivity contribution in [2.45, 2.75) is 0 Å². The molecule has 0 unspecified atom stereocenters. The standard InChI is InChI=1S/C12H9N3O/c16-7-8-3-4-9-11(6-8)14-15-12(9)10-2-1-5-13-10/h1-7,13H,(H,14,15). The first-order chi connectivity index (χ1) is 7.88. The van der Waals surface area contributed by atoms with Gasteiger partial charge in [0.05, 0.1) is 11.2 Å². The first kappa shape index (κ1) is 8.91. The number of carbonyl (C=O) groups is 1. The van der Waals surface area contributed by atoms with Crippen molar-refractivity contribution in [1.82, 2.24) is 15.2 Å². The lowest BCUT2D eigenvalue weighted by Gasteiger charge is -1.94. The molecule has 2 N–H and O–H groups in total. The second kappa shape index (κ2) is 3.34. The molecule has 4 nitrogen and oxygen atoms in total. The van der Waals surface area contributed by atoms with Gasteiger partial charge in [-0.3, -0.25) is 9.89 Å². The van der Waals surface area contributed by atoms with Crippen LogP contribution in [0.15, 0.2) is 36.5 Å². The number of aldehydes is 1. The number of hydrogen-bond donors (Lipinski definition) is 2. The Labute approximate surface area is 91.3 Å². The van der Waals surface area contributed by atoms with Gasteiger partial charge in [-0.15, -0.1) is 0 Å². The van der Waals surface area contributed by atoms with Crippen LogP contribution in [0.2, 0.25) is 0 Å². The van der Waals surface area contributed by atoms with Crippen molar-refractivity contribution < 1.29 is 4.79 Å². The van der Waals surface area contributed by atoms with Crippen LogP contribution in [-0.4, -0.2) is 21.5 Å². The minimum atomic E-state index is 0.647. The molecule has 0 bridgehead atoms. The summed E-state index contributed by atoms with van der Waals surface area (Å²) in [4.78, 5) is 13.8. The lowest BCUT2D eigenvalue weighted by Crippen LogP contribution is -1.79. The molecule has 0 aliphatic rings. The van der Waals surface area contributed by atoms with E-state index in [9.17, 15) is 4.79 Å². The smallest absolute Gasteiger partial charge is 0.150 e. The van der Waals surface area contributed by atoms with Gasteiger partial charge in [-0.05, 0) is 24.3 Å². The molecule has 0 fully saturated rings. The maximum absolute atomic E-state index is 10.6. The summed E-state index contributed by atoms with van der Waals surface area (Å²) in [5.41, 5.74) is 3.35. The molecule has 1 aromatic carbocycles. The van der Waals surface area contributed by atoms with E-state index in [0.29, 0.717) is 5.56 Å². The number of H-pyrrole nitrogens is 2. The Morgan fingerprint density at radius 1 is 1.25 bits per heavy atom. The minimum absolute atomic E-state index is 0.647. The van der Waals surface area contributed by atoms with Gasteiger partial charge in [0.25, 0.3) is 0 Å². The van der Waals surface area contributed by atoms with E-state index in [1.54, 1.807) is 12.1 Å². The molecule has 0 spiro atoms. The average Bonchev–Trinajstić information content (AvgIpc) is 2.96. The summed E-state index contributed by atoms with van der Waals surface area (Å²) in [6, 6.07) is 9.37. The van der Waals surface area contributed by atoms with Gasteiger partial charge in [-0.2, -0.15) is 5.10 Å². The topological polar surface area (TPSA) is 61.5 Å². The van der Waals surface area contributed by atoms with E-state index in [1.165, 1.54) is 0 Å². The fraction of sp³-hybridized carbons (Fsp3) is 0. The number of aromatic amines is 2. The van der Waals surface area contributed by atoms with Gasteiger partial charge in [-0.25, -0.2) is 0 Å². The van der Waals surface area contributed by atoms with E-state index in [-0.39, 0.29) is 0 Å². The Balaban J connectivity index is 2.25. The van der Waals surface area contributed by atoms with Crippen molar-refractivity contribution in [3.05, 3.63) is 42.1 Å². The van der Waals surface area contributed by atoms with E-state index in [4.69, 9.17) is 0 Å². The number of rotatable bonds is 2. The minimum Gasteiger partial charge on any atom is -0.360 e. The van der Waals surface area contributed by atoms with Gasteiger partial charge in [0.2, 0.25) is 0 Å². The highest BCUT2D eigenvalue weighted by molar-refractivity contribution is 5.94. The van der Waals surface area contributed by atoms with Crippen molar-refractivity contribution in [1.29, 1.82) is 0 Å². The lowest BCUT2D eigenvalue weighted by atomic mass is 10.1. The molecule has 0 amide bonds. The third kappa shape index (κ3) is 1.24. The third-order valence-corrected chi connectivity index (χ3v) is 2.58. The molecular formula is C12H9N3O. The van der Waals surface area contributed by atoms with Gasteiger partial charge >= 0.3 is 0 Å². The number of nitrogens with zero attached hydrogens (tertiary/aromatic N) is 1. The zero-order chi connectivity index (χ0) is 11.0. The monoisotopic (exact) mass is 211 g/mol. The molecule has 16 heavy (non-hydrogen) atoms. The van der Waals surface area contributed by atoms with Crippen LogP contribution in [-0.2, 0) is 0 Å². The normalized spacial score (nSPS) is 10.8. The van der Waals surface area contributed by atoms with Gasteiger partial charge < -0.3 is 4.98 Å². The third-order valence-electron chi connectivity index (χ3n) is 2.58. The average molecular weight is 211 g/mol. The fourth-order valence-corrected chi connectivity index (χ4v) is 1.79. The molecule has 4 heteroatoms. The first-order valence-electron chi connectivity index (χ1n) is 4.95. The Hall–Kier alpha value is -2.36.